The van der Waals surface area contributed by atoms with E-state index in [-0.39, 0.29) is 5.78 Å². The van der Waals surface area contributed by atoms with Gasteiger partial charge in [-0.2, -0.15) is 0 Å². The first-order chi connectivity index (χ1) is 8.18. The molecule has 2 rings (SSSR count). The summed E-state index contributed by atoms with van der Waals surface area (Å²) in [6.45, 7) is 1.80. The van der Waals surface area contributed by atoms with Crippen molar-refractivity contribution >= 4 is 34.6 Å². The van der Waals surface area contributed by atoms with Gasteiger partial charge >= 0.3 is 0 Å². The smallest absolute Gasteiger partial charge is 0.220 e. The molecule has 0 radical (unpaired) electrons. The molecular weight excluding hydrogens is 254 g/mol. The molecule has 0 bridgehead atoms. The van der Waals surface area contributed by atoms with E-state index in [9.17, 15) is 4.79 Å². The van der Waals surface area contributed by atoms with E-state index in [0.717, 1.165) is 25.9 Å². The molecule has 4 heteroatoms. The maximum atomic E-state index is 12.1. The molecule has 1 saturated heterocycles. The van der Waals surface area contributed by atoms with Crippen LogP contribution in [-0.4, -0.2) is 28.8 Å². The molecule has 0 unspecified atom stereocenters. The Labute approximate surface area is 112 Å². The zero-order valence-electron chi connectivity index (χ0n) is 9.49. The highest BCUT2D eigenvalue weighted by Gasteiger charge is 2.20. The van der Waals surface area contributed by atoms with E-state index in [2.05, 4.69) is 0 Å². The molecule has 1 fully saturated rings. The van der Waals surface area contributed by atoms with Gasteiger partial charge in [0.05, 0.1) is 0 Å². The third-order valence-electron chi connectivity index (χ3n) is 2.94. The van der Waals surface area contributed by atoms with Crippen LogP contribution in [-0.2, 0) is 0 Å². The molecule has 0 atom stereocenters. The summed E-state index contributed by atoms with van der Waals surface area (Å²) in [7, 11) is 0. The number of hydrogen-bond donors (Lipinski definition) is 0. The fourth-order valence-electron chi connectivity index (χ4n) is 1.97. The molecule has 2 nitrogen and oxygen atoms in total. The van der Waals surface area contributed by atoms with Gasteiger partial charge in [0.2, 0.25) is 5.78 Å². The molecule has 1 aromatic carbocycles. The number of nitrogens with zero attached hydrogens (tertiary/aromatic N) is 1. The fourth-order valence-corrected chi connectivity index (χ4v) is 2.39. The Morgan fingerprint density at radius 3 is 2.29 bits per heavy atom. The van der Waals surface area contributed by atoms with E-state index in [1.807, 2.05) is 4.90 Å². The number of carbonyl (C=O) groups is 1. The predicted molar refractivity (Wildman–Crippen MR) is 73.8 cm³/mol. The summed E-state index contributed by atoms with van der Waals surface area (Å²) in [4.78, 5) is 14.6. The monoisotopic (exact) mass is 267 g/mol. The molecular formula is C13H14ClNOS. The average Bonchev–Trinajstić information content (AvgIpc) is 2.39. The Morgan fingerprint density at radius 1 is 1.12 bits per heavy atom. The number of likely N-dealkylation sites (tertiary alicyclic amines) is 1. The van der Waals surface area contributed by atoms with Gasteiger partial charge in [0.15, 0.2) is 4.99 Å². The Morgan fingerprint density at radius 2 is 1.71 bits per heavy atom. The molecule has 1 aliphatic rings. The number of halogens is 1. The third kappa shape index (κ3) is 3.05. The van der Waals surface area contributed by atoms with Crippen LogP contribution in [0.2, 0.25) is 5.02 Å². The Hall–Kier alpha value is -0.930. The van der Waals surface area contributed by atoms with Gasteiger partial charge < -0.3 is 4.90 Å². The van der Waals surface area contributed by atoms with Crippen molar-refractivity contribution in [3.63, 3.8) is 0 Å². The van der Waals surface area contributed by atoms with E-state index >= 15 is 0 Å². The molecule has 0 aliphatic carbocycles. The van der Waals surface area contributed by atoms with E-state index in [1.165, 1.54) is 6.42 Å². The molecule has 0 amide bonds. The molecule has 1 aliphatic heterocycles. The van der Waals surface area contributed by atoms with Crippen molar-refractivity contribution in [3.05, 3.63) is 34.9 Å². The van der Waals surface area contributed by atoms with E-state index in [4.69, 9.17) is 23.8 Å². The lowest BCUT2D eigenvalue weighted by atomic mass is 10.1. The van der Waals surface area contributed by atoms with Gasteiger partial charge in [-0.15, -0.1) is 0 Å². The van der Waals surface area contributed by atoms with Crippen LogP contribution in [0.5, 0.6) is 0 Å². The standard InChI is InChI=1S/C13H14ClNOS/c14-11-6-4-10(5-7-11)12(16)13(17)15-8-2-1-3-9-15/h4-7H,1-3,8-9H2. The second-order valence-corrected chi connectivity index (χ2v) is 5.01. The highest BCUT2D eigenvalue weighted by molar-refractivity contribution is 7.82. The molecule has 1 aromatic rings. The number of rotatable bonds is 2. The molecule has 0 N–H and O–H groups in total. The summed E-state index contributed by atoms with van der Waals surface area (Å²) >= 11 is 11.0. The summed E-state index contributed by atoms with van der Waals surface area (Å²) in [6, 6.07) is 6.88. The number of hydrogen-bond acceptors (Lipinski definition) is 2. The lowest BCUT2D eigenvalue weighted by Gasteiger charge is -2.28. The highest BCUT2D eigenvalue weighted by Crippen LogP contribution is 2.14. The van der Waals surface area contributed by atoms with Gasteiger partial charge in [-0.25, -0.2) is 0 Å². The van der Waals surface area contributed by atoms with Gasteiger partial charge in [-0.3, -0.25) is 4.79 Å². The molecule has 0 saturated carbocycles. The van der Waals surface area contributed by atoms with Gasteiger partial charge in [-0.1, -0.05) is 23.8 Å². The maximum Gasteiger partial charge on any atom is 0.220 e. The summed E-state index contributed by atoms with van der Waals surface area (Å²) in [5.41, 5.74) is 0.616. The predicted octanol–water partition coefficient (Wildman–Crippen LogP) is 3.34. The average molecular weight is 268 g/mol. The lowest BCUT2D eigenvalue weighted by Crippen LogP contribution is -2.38. The summed E-state index contributed by atoms with van der Waals surface area (Å²) in [5, 5.41) is 0.630. The molecule has 1 heterocycles. The van der Waals surface area contributed by atoms with Crippen molar-refractivity contribution in [1.82, 2.24) is 4.90 Å². The zero-order chi connectivity index (χ0) is 12.3. The first-order valence-electron chi connectivity index (χ1n) is 5.77. The number of benzene rings is 1. The highest BCUT2D eigenvalue weighted by atomic mass is 35.5. The lowest BCUT2D eigenvalue weighted by molar-refractivity contribution is 0.105. The van der Waals surface area contributed by atoms with Gasteiger partial charge in [0.1, 0.15) is 0 Å². The van der Waals surface area contributed by atoms with E-state index in [1.54, 1.807) is 24.3 Å². The Kier molecular flexibility index (Phi) is 4.13. The zero-order valence-corrected chi connectivity index (χ0v) is 11.1. The first-order valence-corrected chi connectivity index (χ1v) is 6.56. The summed E-state index contributed by atoms with van der Waals surface area (Å²) < 4.78 is 0. The van der Waals surface area contributed by atoms with Crippen molar-refractivity contribution in [2.75, 3.05) is 13.1 Å². The molecule has 90 valence electrons. The number of carbonyl (C=O) groups excluding carboxylic acids is 1. The maximum absolute atomic E-state index is 12.1. The van der Waals surface area contributed by atoms with Crippen LogP contribution in [0.4, 0.5) is 0 Å². The minimum absolute atomic E-state index is 0.0708. The SMILES string of the molecule is O=C(C(=S)N1CCCCC1)c1ccc(Cl)cc1. The minimum atomic E-state index is -0.0708. The largest absolute Gasteiger partial charge is 0.360 e. The minimum Gasteiger partial charge on any atom is -0.360 e. The third-order valence-corrected chi connectivity index (χ3v) is 3.64. The van der Waals surface area contributed by atoms with Crippen molar-refractivity contribution in [2.45, 2.75) is 19.3 Å². The second kappa shape index (κ2) is 5.61. The van der Waals surface area contributed by atoms with Gasteiger partial charge in [0.25, 0.3) is 0 Å². The van der Waals surface area contributed by atoms with Crippen LogP contribution in [0.25, 0.3) is 0 Å². The van der Waals surface area contributed by atoms with Crippen LogP contribution in [0, 0.1) is 0 Å². The Bertz CT molecular complexity index is 424. The first kappa shape index (κ1) is 12.5. The number of ketones is 1. The van der Waals surface area contributed by atoms with E-state index in [0.29, 0.717) is 15.6 Å². The number of piperidine rings is 1. The summed E-state index contributed by atoms with van der Waals surface area (Å²) in [5.74, 6) is -0.0708. The van der Waals surface area contributed by atoms with Crippen LogP contribution >= 0.6 is 23.8 Å². The fraction of sp³-hybridized carbons (Fsp3) is 0.385. The van der Waals surface area contributed by atoms with Crippen LogP contribution in [0.15, 0.2) is 24.3 Å². The van der Waals surface area contributed by atoms with Crippen molar-refractivity contribution in [1.29, 1.82) is 0 Å². The quantitative estimate of drug-likeness (QED) is 0.606. The van der Waals surface area contributed by atoms with Crippen molar-refractivity contribution in [3.8, 4) is 0 Å². The van der Waals surface area contributed by atoms with Crippen LogP contribution < -0.4 is 0 Å². The van der Waals surface area contributed by atoms with Crippen LogP contribution in [0.3, 0.4) is 0 Å². The summed E-state index contributed by atoms with van der Waals surface area (Å²) in [6.07, 6.45) is 3.47. The topological polar surface area (TPSA) is 20.3 Å². The number of Topliss-reactive ketones (excluding diaryl/α,β-unsaturated/α-hetero) is 1. The van der Waals surface area contributed by atoms with Crippen molar-refractivity contribution < 1.29 is 4.79 Å². The van der Waals surface area contributed by atoms with Crippen LogP contribution in [0.1, 0.15) is 29.6 Å². The molecule has 0 aromatic heterocycles. The normalized spacial score (nSPS) is 15.7. The molecule has 0 spiro atoms. The molecule has 17 heavy (non-hydrogen) atoms. The van der Waals surface area contributed by atoms with Gasteiger partial charge in [-0.05, 0) is 43.5 Å². The second-order valence-electron chi connectivity index (χ2n) is 4.19. The van der Waals surface area contributed by atoms with Crippen molar-refractivity contribution in [2.24, 2.45) is 0 Å². The van der Waals surface area contributed by atoms with Gasteiger partial charge in [0, 0.05) is 23.7 Å². The number of thiocarbonyl (C=S) groups is 1. The van der Waals surface area contributed by atoms with E-state index < -0.39 is 0 Å². The Balaban J connectivity index is 2.08.